The zero-order chi connectivity index (χ0) is 27.7. The van der Waals surface area contributed by atoms with Gasteiger partial charge in [-0.1, -0.05) is 48.5 Å². The smallest absolute Gasteiger partial charge is 0.355 e. The Hall–Kier alpha value is -5.64. The summed E-state index contributed by atoms with van der Waals surface area (Å²) in [5.74, 6) is -0.912. The molecule has 0 atom stereocenters. The van der Waals surface area contributed by atoms with Crippen LogP contribution in [0.5, 0.6) is 0 Å². The lowest BCUT2D eigenvalue weighted by molar-refractivity contribution is 0.0696. The minimum Gasteiger partial charge on any atom is -0.478 e. The summed E-state index contributed by atoms with van der Waals surface area (Å²) in [5, 5.41) is 9.35. The van der Waals surface area contributed by atoms with Crippen LogP contribution in [0, 0.1) is 0 Å². The molecular formula is C29H22N6O4. The number of nitrogens with two attached hydrogens (primary N) is 2. The number of nitrogens with zero attached hydrogens (tertiary/aromatic N) is 4. The van der Waals surface area contributed by atoms with Gasteiger partial charge in [-0.25, -0.2) is 24.1 Å². The summed E-state index contributed by atoms with van der Waals surface area (Å²) in [5.41, 5.74) is 15.3. The second kappa shape index (κ2) is 10.0. The number of carbonyl (C=O) groups is 2. The molecule has 0 amide bonds. The molecule has 0 aliphatic carbocycles. The molecule has 5 aromatic rings. The van der Waals surface area contributed by atoms with Gasteiger partial charge in [0.25, 0.3) is 0 Å². The average molecular weight is 519 g/mol. The molecule has 0 fully saturated rings. The first kappa shape index (κ1) is 25.0. The molecule has 0 saturated carbocycles. The molecule has 2 heterocycles. The average Bonchev–Trinajstić information content (AvgIpc) is 2.93. The van der Waals surface area contributed by atoms with Crippen molar-refractivity contribution >= 4 is 23.3 Å². The number of aromatic carboxylic acids is 1. The molecule has 39 heavy (non-hydrogen) atoms. The molecule has 0 radical (unpaired) electrons. The molecule has 0 saturated heterocycles. The highest BCUT2D eigenvalue weighted by Crippen LogP contribution is 2.35. The Morgan fingerprint density at radius 3 is 1.74 bits per heavy atom. The predicted molar refractivity (Wildman–Crippen MR) is 148 cm³/mol. The molecule has 0 aliphatic rings. The fraction of sp³-hybridized carbons (Fsp3) is 0.0345. The van der Waals surface area contributed by atoms with E-state index >= 15 is 0 Å². The topological polar surface area (TPSA) is 167 Å². The standard InChI is InChI=1S/C29H22N6O4/c1-16(36)17-2-4-20(5-3-17)26-27(35-15-14-23(31)32-29(35)39)34-25(18-6-8-21(9-7-18)28(37)38)24(33-26)19-10-12-22(30)13-11-19/h2-15H,30H2,1H3,(H,37,38)(H2,31,32,39). The van der Waals surface area contributed by atoms with Crippen LogP contribution in [0.2, 0.25) is 0 Å². The Morgan fingerprint density at radius 1 is 0.692 bits per heavy atom. The lowest BCUT2D eigenvalue weighted by Crippen LogP contribution is -2.23. The fourth-order valence-corrected chi connectivity index (χ4v) is 4.04. The maximum Gasteiger partial charge on any atom is 0.355 e. The number of hydrogen-bond donors (Lipinski definition) is 3. The van der Waals surface area contributed by atoms with Gasteiger partial charge in [0, 0.05) is 34.1 Å². The Balaban J connectivity index is 1.84. The zero-order valence-electron chi connectivity index (χ0n) is 20.7. The van der Waals surface area contributed by atoms with Gasteiger partial charge < -0.3 is 16.6 Å². The maximum absolute atomic E-state index is 12.9. The number of benzene rings is 3. The molecular weight excluding hydrogens is 496 g/mol. The van der Waals surface area contributed by atoms with Crippen LogP contribution in [-0.4, -0.2) is 36.4 Å². The number of rotatable bonds is 6. The van der Waals surface area contributed by atoms with Crippen LogP contribution in [0.4, 0.5) is 11.5 Å². The van der Waals surface area contributed by atoms with E-state index < -0.39 is 11.7 Å². The van der Waals surface area contributed by atoms with E-state index in [1.165, 1.54) is 35.9 Å². The van der Waals surface area contributed by atoms with Crippen LogP contribution in [0.25, 0.3) is 39.6 Å². The van der Waals surface area contributed by atoms with Crippen LogP contribution in [0.3, 0.4) is 0 Å². The van der Waals surface area contributed by atoms with E-state index in [4.69, 9.17) is 21.4 Å². The summed E-state index contributed by atoms with van der Waals surface area (Å²) in [6, 6.07) is 21.5. The Morgan fingerprint density at radius 2 is 1.21 bits per heavy atom. The van der Waals surface area contributed by atoms with Crippen molar-refractivity contribution in [2.45, 2.75) is 6.92 Å². The number of aromatic nitrogens is 4. The van der Waals surface area contributed by atoms with Gasteiger partial charge in [-0.2, -0.15) is 4.98 Å². The Labute approximate surface area is 222 Å². The first-order valence-electron chi connectivity index (χ1n) is 11.8. The van der Waals surface area contributed by atoms with Crippen molar-refractivity contribution < 1.29 is 14.7 Å². The van der Waals surface area contributed by atoms with Crippen LogP contribution in [0.15, 0.2) is 89.9 Å². The van der Waals surface area contributed by atoms with Crippen molar-refractivity contribution in [1.82, 2.24) is 19.5 Å². The molecule has 0 spiro atoms. The fourth-order valence-electron chi connectivity index (χ4n) is 4.04. The number of anilines is 2. The van der Waals surface area contributed by atoms with Gasteiger partial charge >= 0.3 is 11.7 Å². The van der Waals surface area contributed by atoms with E-state index in [1.54, 1.807) is 60.7 Å². The lowest BCUT2D eigenvalue weighted by atomic mass is 10.0. The van der Waals surface area contributed by atoms with Gasteiger partial charge in [0.15, 0.2) is 11.6 Å². The molecule has 0 bridgehead atoms. The highest BCUT2D eigenvalue weighted by Gasteiger charge is 2.21. The highest BCUT2D eigenvalue weighted by atomic mass is 16.4. The molecule has 0 aliphatic heterocycles. The number of Topliss-reactive ketones (excluding diaryl/α,β-unsaturated/α-hetero) is 1. The summed E-state index contributed by atoms with van der Waals surface area (Å²) >= 11 is 0. The molecule has 5 rings (SSSR count). The SMILES string of the molecule is CC(=O)c1ccc(-c2nc(-c3ccc(N)cc3)c(-c3ccc(C(=O)O)cc3)nc2-n2ccc(N)nc2=O)cc1. The molecule has 10 nitrogen and oxygen atoms in total. The molecule has 0 unspecified atom stereocenters. The number of nitrogen functional groups attached to an aromatic ring is 2. The first-order valence-corrected chi connectivity index (χ1v) is 11.8. The molecule has 192 valence electrons. The molecule has 3 aromatic carbocycles. The normalized spacial score (nSPS) is 10.8. The summed E-state index contributed by atoms with van der Waals surface area (Å²) in [4.78, 5) is 49.9. The highest BCUT2D eigenvalue weighted by molar-refractivity contribution is 5.94. The summed E-state index contributed by atoms with van der Waals surface area (Å²) < 4.78 is 1.24. The quantitative estimate of drug-likeness (QED) is 0.221. The first-order chi connectivity index (χ1) is 18.7. The van der Waals surface area contributed by atoms with E-state index in [1.807, 2.05) is 0 Å². The minimum absolute atomic E-state index is 0.0551. The van der Waals surface area contributed by atoms with Crippen molar-refractivity contribution in [3.8, 4) is 39.6 Å². The third kappa shape index (κ3) is 4.98. The Kier molecular flexibility index (Phi) is 6.43. The van der Waals surface area contributed by atoms with Gasteiger partial charge in [-0.3, -0.25) is 4.79 Å². The van der Waals surface area contributed by atoms with Crippen LogP contribution < -0.4 is 17.2 Å². The van der Waals surface area contributed by atoms with E-state index in [-0.39, 0.29) is 23.0 Å². The molecule has 5 N–H and O–H groups in total. The molecule has 2 aromatic heterocycles. The van der Waals surface area contributed by atoms with Gasteiger partial charge in [-0.05, 0) is 37.3 Å². The number of carbonyl (C=O) groups excluding carboxylic acids is 1. The zero-order valence-corrected chi connectivity index (χ0v) is 20.7. The summed E-state index contributed by atoms with van der Waals surface area (Å²) in [7, 11) is 0. The maximum atomic E-state index is 12.9. The second-order valence-corrected chi connectivity index (χ2v) is 8.74. The van der Waals surface area contributed by atoms with E-state index in [0.717, 1.165) is 0 Å². The number of hydrogen-bond acceptors (Lipinski definition) is 8. The van der Waals surface area contributed by atoms with E-state index in [2.05, 4.69) is 4.98 Å². The van der Waals surface area contributed by atoms with Crippen molar-refractivity contribution in [3.05, 3.63) is 107 Å². The van der Waals surface area contributed by atoms with Gasteiger partial charge in [0.2, 0.25) is 0 Å². The largest absolute Gasteiger partial charge is 0.478 e. The van der Waals surface area contributed by atoms with Crippen LogP contribution in [0.1, 0.15) is 27.6 Å². The van der Waals surface area contributed by atoms with Crippen LogP contribution in [-0.2, 0) is 0 Å². The third-order valence-corrected chi connectivity index (χ3v) is 6.09. The van der Waals surface area contributed by atoms with Crippen molar-refractivity contribution in [3.63, 3.8) is 0 Å². The summed E-state index contributed by atoms with van der Waals surface area (Å²) in [6.07, 6.45) is 1.46. The lowest BCUT2D eigenvalue weighted by Gasteiger charge is -2.17. The van der Waals surface area contributed by atoms with E-state index in [0.29, 0.717) is 45.0 Å². The minimum atomic E-state index is -1.06. The van der Waals surface area contributed by atoms with Crippen LogP contribution >= 0.6 is 0 Å². The van der Waals surface area contributed by atoms with E-state index in [9.17, 15) is 19.5 Å². The third-order valence-electron chi connectivity index (χ3n) is 6.09. The van der Waals surface area contributed by atoms with Crippen molar-refractivity contribution in [2.24, 2.45) is 0 Å². The number of ketones is 1. The Bertz CT molecular complexity index is 1780. The monoisotopic (exact) mass is 518 g/mol. The van der Waals surface area contributed by atoms with Gasteiger partial charge in [0.05, 0.1) is 17.0 Å². The predicted octanol–water partition coefficient (Wildman–Crippen LogP) is 4.09. The van der Waals surface area contributed by atoms with Gasteiger partial charge in [-0.15, -0.1) is 0 Å². The number of carboxylic acids is 1. The van der Waals surface area contributed by atoms with Gasteiger partial charge in [0.1, 0.15) is 11.5 Å². The number of carboxylic acid groups (broad SMARTS) is 1. The summed E-state index contributed by atoms with van der Waals surface area (Å²) in [6.45, 7) is 1.48. The molecule has 10 heteroatoms. The van der Waals surface area contributed by atoms with Crippen molar-refractivity contribution in [2.75, 3.05) is 11.5 Å². The second-order valence-electron chi connectivity index (χ2n) is 8.74. The van der Waals surface area contributed by atoms with Crippen molar-refractivity contribution in [1.29, 1.82) is 0 Å².